The number of aliphatic carboxylic acids is 1. The topological polar surface area (TPSA) is 79.3 Å². The third kappa shape index (κ3) is 5.38. The van der Waals surface area contributed by atoms with E-state index >= 15 is 0 Å². The summed E-state index contributed by atoms with van der Waals surface area (Å²) < 4.78 is 0. The summed E-state index contributed by atoms with van der Waals surface area (Å²) in [7, 11) is 0. The second-order valence-corrected chi connectivity index (χ2v) is 6.99. The second-order valence-electron chi connectivity index (χ2n) is 5.75. The molecule has 106 valence electrons. The van der Waals surface area contributed by atoms with Crippen LogP contribution in [0.3, 0.4) is 0 Å². The summed E-state index contributed by atoms with van der Waals surface area (Å²) in [4.78, 5) is 27.5. The van der Waals surface area contributed by atoms with Gasteiger partial charge >= 0.3 is 5.97 Å². The molecule has 0 aliphatic carbocycles. The predicted octanol–water partition coefficient (Wildman–Crippen LogP) is 2.32. The Morgan fingerprint density at radius 2 is 2.11 bits per heavy atom. The lowest BCUT2D eigenvalue weighted by atomic mass is 9.84. The maximum atomic E-state index is 11.8. The van der Waals surface area contributed by atoms with Gasteiger partial charge in [-0.15, -0.1) is 11.3 Å². The van der Waals surface area contributed by atoms with Crippen LogP contribution in [0.5, 0.6) is 0 Å². The minimum Gasteiger partial charge on any atom is -0.481 e. The molecular weight excluding hydrogens is 264 g/mol. The van der Waals surface area contributed by atoms with Gasteiger partial charge in [0.05, 0.1) is 17.1 Å². The van der Waals surface area contributed by atoms with Crippen LogP contribution in [0.2, 0.25) is 0 Å². The van der Waals surface area contributed by atoms with E-state index in [0.717, 1.165) is 5.01 Å². The summed E-state index contributed by atoms with van der Waals surface area (Å²) in [5.41, 5.74) is -0.0884. The summed E-state index contributed by atoms with van der Waals surface area (Å²) in [5.74, 6) is -1.71. The fourth-order valence-corrected chi connectivity index (χ4v) is 2.45. The van der Waals surface area contributed by atoms with Crippen molar-refractivity contribution in [3.63, 3.8) is 0 Å². The van der Waals surface area contributed by atoms with Gasteiger partial charge in [0.25, 0.3) is 5.91 Å². The maximum Gasteiger partial charge on any atom is 0.308 e. The molecule has 0 aliphatic heterocycles. The molecule has 0 fully saturated rings. The van der Waals surface area contributed by atoms with E-state index in [2.05, 4.69) is 10.3 Å². The number of nitrogens with one attached hydrogen (secondary N) is 1. The molecule has 0 saturated heterocycles. The number of carbonyl (C=O) groups excluding carboxylic acids is 1. The first-order valence-electron chi connectivity index (χ1n) is 6.12. The lowest BCUT2D eigenvalue weighted by Crippen LogP contribution is -2.34. The molecule has 0 radical (unpaired) electrons. The fourth-order valence-electron chi connectivity index (χ4n) is 1.76. The molecule has 1 aromatic heterocycles. The smallest absolute Gasteiger partial charge is 0.308 e. The van der Waals surface area contributed by atoms with Gasteiger partial charge < -0.3 is 10.4 Å². The third-order valence-corrected chi connectivity index (χ3v) is 3.47. The van der Waals surface area contributed by atoms with Gasteiger partial charge in [-0.05, 0) is 18.8 Å². The van der Waals surface area contributed by atoms with Crippen LogP contribution in [0.15, 0.2) is 6.20 Å². The number of carbonyl (C=O) groups is 2. The molecule has 1 atom stereocenters. The average Bonchev–Trinajstić information content (AvgIpc) is 2.68. The van der Waals surface area contributed by atoms with Crippen molar-refractivity contribution in [2.75, 3.05) is 6.54 Å². The van der Waals surface area contributed by atoms with Crippen molar-refractivity contribution in [3.05, 3.63) is 16.1 Å². The Bertz CT molecular complexity index is 463. The van der Waals surface area contributed by atoms with E-state index in [1.165, 1.54) is 17.5 Å². The van der Waals surface area contributed by atoms with Crippen molar-refractivity contribution in [1.82, 2.24) is 10.3 Å². The van der Waals surface area contributed by atoms with E-state index < -0.39 is 11.9 Å². The highest BCUT2D eigenvalue weighted by molar-refractivity contribution is 7.13. The number of hydrogen-bond acceptors (Lipinski definition) is 4. The zero-order chi connectivity index (χ0) is 14.6. The highest BCUT2D eigenvalue weighted by Crippen LogP contribution is 2.24. The minimum absolute atomic E-state index is 0.0884. The monoisotopic (exact) mass is 284 g/mol. The minimum atomic E-state index is -0.879. The molecule has 1 heterocycles. The van der Waals surface area contributed by atoms with Crippen LogP contribution < -0.4 is 5.32 Å². The number of amides is 1. The molecule has 0 saturated carbocycles. The Balaban J connectivity index is 2.57. The van der Waals surface area contributed by atoms with Crippen molar-refractivity contribution in [1.29, 1.82) is 0 Å². The van der Waals surface area contributed by atoms with E-state index in [1.54, 1.807) is 0 Å². The number of carboxylic acid groups (broad SMARTS) is 1. The SMILES string of the molecule is Cc1ncc(C(=O)NCC(CC(C)(C)C)C(=O)O)s1. The Kier molecular flexibility index (Phi) is 5.05. The van der Waals surface area contributed by atoms with Crippen LogP contribution in [0, 0.1) is 18.3 Å². The summed E-state index contributed by atoms with van der Waals surface area (Å²) in [6, 6.07) is 0. The van der Waals surface area contributed by atoms with Crippen LogP contribution in [-0.4, -0.2) is 28.5 Å². The predicted molar refractivity (Wildman–Crippen MR) is 74.4 cm³/mol. The van der Waals surface area contributed by atoms with Gasteiger partial charge in [0, 0.05) is 6.54 Å². The number of rotatable bonds is 5. The molecule has 0 aliphatic rings. The van der Waals surface area contributed by atoms with Gasteiger partial charge in [-0.1, -0.05) is 20.8 Å². The van der Waals surface area contributed by atoms with Crippen LogP contribution >= 0.6 is 11.3 Å². The zero-order valence-electron chi connectivity index (χ0n) is 11.7. The molecule has 0 spiro atoms. The molecule has 1 amide bonds. The Morgan fingerprint density at radius 1 is 1.47 bits per heavy atom. The van der Waals surface area contributed by atoms with Gasteiger partial charge in [-0.3, -0.25) is 9.59 Å². The first kappa shape index (κ1) is 15.6. The third-order valence-electron chi connectivity index (χ3n) is 2.56. The van der Waals surface area contributed by atoms with E-state index in [-0.39, 0.29) is 17.9 Å². The summed E-state index contributed by atoms with van der Waals surface area (Å²) in [5, 5.41) is 12.6. The van der Waals surface area contributed by atoms with Gasteiger partial charge in [0.2, 0.25) is 0 Å². The van der Waals surface area contributed by atoms with E-state index in [9.17, 15) is 9.59 Å². The summed E-state index contributed by atoms with van der Waals surface area (Å²) in [6.07, 6.45) is 2.03. The zero-order valence-corrected chi connectivity index (χ0v) is 12.5. The number of aryl methyl sites for hydroxylation is 1. The number of hydrogen-bond donors (Lipinski definition) is 2. The first-order chi connectivity index (χ1) is 8.69. The summed E-state index contributed by atoms with van der Waals surface area (Å²) in [6.45, 7) is 7.91. The largest absolute Gasteiger partial charge is 0.481 e. The molecule has 1 unspecified atom stereocenters. The van der Waals surface area contributed by atoms with Crippen molar-refractivity contribution >= 4 is 23.2 Å². The molecule has 6 heteroatoms. The Hall–Kier alpha value is -1.43. The van der Waals surface area contributed by atoms with E-state index in [4.69, 9.17) is 5.11 Å². The van der Waals surface area contributed by atoms with E-state index in [0.29, 0.717) is 11.3 Å². The molecule has 0 bridgehead atoms. The van der Waals surface area contributed by atoms with Crippen LogP contribution in [0.1, 0.15) is 41.9 Å². The number of nitrogens with zero attached hydrogens (tertiary/aromatic N) is 1. The van der Waals surface area contributed by atoms with Crippen LogP contribution in [0.25, 0.3) is 0 Å². The highest BCUT2D eigenvalue weighted by atomic mass is 32.1. The fraction of sp³-hybridized carbons (Fsp3) is 0.615. The van der Waals surface area contributed by atoms with Gasteiger partial charge in [-0.2, -0.15) is 0 Å². The van der Waals surface area contributed by atoms with Crippen LogP contribution in [-0.2, 0) is 4.79 Å². The van der Waals surface area contributed by atoms with Gasteiger partial charge in [0.1, 0.15) is 4.88 Å². The first-order valence-corrected chi connectivity index (χ1v) is 6.94. The van der Waals surface area contributed by atoms with Crippen LogP contribution in [0.4, 0.5) is 0 Å². The lowest BCUT2D eigenvalue weighted by Gasteiger charge is -2.23. The summed E-state index contributed by atoms with van der Waals surface area (Å²) >= 11 is 1.30. The molecule has 1 rings (SSSR count). The number of aromatic nitrogens is 1. The second kappa shape index (κ2) is 6.14. The molecule has 19 heavy (non-hydrogen) atoms. The lowest BCUT2D eigenvalue weighted by molar-refractivity contribution is -0.142. The molecule has 1 aromatic rings. The quantitative estimate of drug-likeness (QED) is 0.869. The standard InChI is InChI=1S/C13H20N2O3S/c1-8-14-7-10(19-8)11(16)15-6-9(12(17)18)5-13(2,3)4/h7,9H,5-6H2,1-4H3,(H,15,16)(H,17,18). The van der Waals surface area contributed by atoms with Gasteiger partial charge in [0.15, 0.2) is 0 Å². The van der Waals surface area contributed by atoms with Gasteiger partial charge in [-0.25, -0.2) is 4.98 Å². The van der Waals surface area contributed by atoms with E-state index in [1.807, 2.05) is 27.7 Å². The Morgan fingerprint density at radius 3 is 2.53 bits per heavy atom. The molecule has 0 aromatic carbocycles. The number of thiazole rings is 1. The van der Waals surface area contributed by atoms with Crippen molar-refractivity contribution in [2.45, 2.75) is 34.1 Å². The normalized spacial score (nSPS) is 13.1. The average molecular weight is 284 g/mol. The number of carboxylic acids is 1. The maximum absolute atomic E-state index is 11.8. The van der Waals surface area contributed by atoms with Crippen molar-refractivity contribution in [3.8, 4) is 0 Å². The van der Waals surface area contributed by atoms with Crippen molar-refractivity contribution in [2.24, 2.45) is 11.3 Å². The highest BCUT2D eigenvalue weighted by Gasteiger charge is 2.25. The molecule has 2 N–H and O–H groups in total. The molecular formula is C13H20N2O3S. The Labute approximate surface area is 117 Å². The molecule has 5 nitrogen and oxygen atoms in total. The van der Waals surface area contributed by atoms with Crippen molar-refractivity contribution < 1.29 is 14.7 Å².